The SMILES string of the molecule is CCC[CH2][Sn]([CH2]CCC)([CH2]CCC)[CH2]OCc1cc(C2=NC(C)(C)CO2)c2ccccc2c1OC. The molecule has 0 saturated carbocycles. The van der Waals surface area contributed by atoms with Crippen LogP contribution in [-0.2, 0) is 16.1 Å². The van der Waals surface area contributed by atoms with Crippen LogP contribution in [0.3, 0.4) is 0 Å². The molecule has 2 aromatic rings. The van der Waals surface area contributed by atoms with Gasteiger partial charge in [-0.1, -0.05) is 0 Å². The van der Waals surface area contributed by atoms with Crippen molar-refractivity contribution in [1.82, 2.24) is 0 Å². The van der Waals surface area contributed by atoms with Crippen molar-refractivity contribution in [3.8, 4) is 5.75 Å². The number of benzene rings is 2. The van der Waals surface area contributed by atoms with Gasteiger partial charge in [0.15, 0.2) is 0 Å². The molecule has 1 aliphatic heterocycles. The van der Waals surface area contributed by atoms with Crippen LogP contribution in [0, 0.1) is 0 Å². The van der Waals surface area contributed by atoms with Gasteiger partial charge in [-0.05, 0) is 0 Å². The Balaban J connectivity index is 1.91. The Bertz CT molecular complexity index is 963. The van der Waals surface area contributed by atoms with Crippen molar-refractivity contribution < 1.29 is 14.2 Å². The summed E-state index contributed by atoms with van der Waals surface area (Å²) in [6.07, 6.45) is 7.96. The monoisotopic (exact) mass is 589 g/mol. The predicted molar refractivity (Wildman–Crippen MR) is 152 cm³/mol. The summed E-state index contributed by atoms with van der Waals surface area (Å²) in [7, 11) is 1.77. The van der Waals surface area contributed by atoms with Crippen LogP contribution in [0.1, 0.15) is 84.3 Å². The van der Waals surface area contributed by atoms with Crippen molar-refractivity contribution in [2.75, 3.05) is 18.3 Å². The van der Waals surface area contributed by atoms with Crippen LogP contribution in [0.5, 0.6) is 5.75 Å². The molecule has 0 fully saturated rings. The fraction of sp³-hybridized carbons (Fsp3) is 0.633. The van der Waals surface area contributed by atoms with Gasteiger partial charge in [0.2, 0.25) is 0 Å². The molecule has 2 aromatic carbocycles. The van der Waals surface area contributed by atoms with E-state index in [1.807, 2.05) is 0 Å². The normalized spacial score (nSPS) is 15.3. The first-order valence-electron chi connectivity index (χ1n) is 13.8. The number of nitrogens with zero attached hydrogens (tertiary/aromatic N) is 1. The van der Waals surface area contributed by atoms with Gasteiger partial charge in [-0.25, -0.2) is 0 Å². The number of methoxy groups -OCH3 is 1. The molecule has 0 aromatic heterocycles. The van der Waals surface area contributed by atoms with E-state index in [4.69, 9.17) is 19.2 Å². The summed E-state index contributed by atoms with van der Waals surface area (Å²) in [5.74, 6) is 1.65. The van der Waals surface area contributed by atoms with E-state index in [1.165, 1.54) is 51.8 Å². The molecule has 0 bridgehead atoms. The van der Waals surface area contributed by atoms with E-state index in [1.54, 1.807) is 7.11 Å². The zero-order valence-corrected chi connectivity index (χ0v) is 25.9. The Labute approximate surface area is 217 Å². The van der Waals surface area contributed by atoms with Crippen LogP contribution in [-0.4, -0.2) is 48.2 Å². The Kier molecular flexibility index (Phi) is 10.8. The molecule has 0 N–H and O–H groups in total. The zero-order valence-electron chi connectivity index (χ0n) is 23.0. The van der Waals surface area contributed by atoms with E-state index in [2.05, 4.69) is 65.0 Å². The molecule has 0 atom stereocenters. The Morgan fingerprint density at radius 3 is 2.06 bits per heavy atom. The first-order valence-corrected chi connectivity index (χ1v) is 21.8. The van der Waals surface area contributed by atoms with Crippen molar-refractivity contribution in [2.24, 2.45) is 4.99 Å². The molecule has 3 rings (SSSR count). The van der Waals surface area contributed by atoms with Gasteiger partial charge in [-0.15, -0.1) is 0 Å². The maximum atomic E-state index is 6.66. The van der Waals surface area contributed by atoms with Crippen molar-refractivity contribution in [1.29, 1.82) is 0 Å². The van der Waals surface area contributed by atoms with Crippen molar-refractivity contribution in [3.63, 3.8) is 0 Å². The van der Waals surface area contributed by atoms with Crippen LogP contribution in [0.15, 0.2) is 35.3 Å². The second-order valence-corrected chi connectivity index (χ2v) is 24.7. The minimum absolute atomic E-state index is 0.196. The van der Waals surface area contributed by atoms with Crippen LogP contribution in [0.4, 0.5) is 0 Å². The second kappa shape index (κ2) is 13.3. The molecular formula is C30H47NO3Sn. The van der Waals surface area contributed by atoms with E-state index in [0.29, 0.717) is 13.2 Å². The number of fused-ring (bicyclic) bond motifs is 1. The number of aliphatic imine (C=N–C) groups is 1. The summed E-state index contributed by atoms with van der Waals surface area (Å²) in [4.78, 5) is 4.88. The van der Waals surface area contributed by atoms with E-state index in [0.717, 1.165) is 38.2 Å². The standard InChI is InChI=1S/C18H20NO3.3C4H9.Sn/c1-18(2)11-22-17(19-18)15-9-12(10-20-3)16(21-4)14-8-6-5-7-13(14)15;3*1-3-4-2;/h5-9H,3,10-11H2,1-2,4H3;3*1,3-4H2,2H3;. The molecule has 1 aliphatic rings. The van der Waals surface area contributed by atoms with Gasteiger partial charge in [-0.3, -0.25) is 0 Å². The summed E-state index contributed by atoms with van der Waals surface area (Å²) in [5, 5.41) is 2.21. The zero-order chi connectivity index (χ0) is 25.3. The van der Waals surface area contributed by atoms with Gasteiger partial charge >= 0.3 is 218 Å². The number of hydrogen-bond acceptors (Lipinski definition) is 4. The summed E-state index contributed by atoms with van der Waals surface area (Å²) in [6.45, 7) is 12.4. The Hall–Kier alpha value is -1.27. The third-order valence-corrected chi connectivity index (χ3v) is 21.8. The number of unbranched alkanes of at least 4 members (excludes halogenated alkanes) is 3. The van der Waals surface area contributed by atoms with Gasteiger partial charge in [0.1, 0.15) is 0 Å². The molecule has 0 aliphatic carbocycles. The quantitative estimate of drug-likeness (QED) is 0.197. The molecule has 0 unspecified atom stereocenters. The van der Waals surface area contributed by atoms with E-state index < -0.39 is 18.4 Å². The van der Waals surface area contributed by atoms with Crippen LogP contribution in [0.25, 0.3) is 10.8 Å². The van der Waals surface area contributed by atoms with Crippen molar-refractivity contribution in [3.05, 3.63) is 41.5 Å². The van der Waals surface area contributed by atoms with E-state index in [9.17, 15) is 0 Å². The van der Waals surface area contributed by atoms with Gasteiger partial charge in [0.25, 0.3) is 0 Å². The predicted octanol–water partition coefficient (Wildman–Crippen LogP) is 8.31. The average molecular weight is 588 g/mol. The summed E-state index contributed by atoms with van der Waals surface area (Å²) in [6, 6.07) is 10.6. The Morgan fingerprint density at radius 1 is 0.943 bits per heavy atom. The molecule has 0 radical (unpaired) electrons. The fourth-order valence-electron chi connectivity index (χ4n) is 5.28. The van der Waals surface area contributed by atoms with Crippen molar-refractivity contribution >= 4 is 35.0 Å². The molecule has 5 heteroatoms. The van der Waals surface area contributed by atoms with Crippen LogP contribution >= 0.6 is 0 Å². The summed E-state index contributed by atoms with van der Waals surface area (Å²) >= 11 is -2.35. The molecule has 194 valence electrons. The van der Waals surface area contributed by atoms with Crippen LogP contribution < -0.4 is 4.74 Å². The summed E-state index contributed by atoms with van der Waals surface area (Å²) in [5.41, 5.74) is 1.95. The maximum absolute atomic E-state index is 6.66. The first kappa shape index (κ1) is 28.3. The van der Waals surface area contributed by atoms with Gasteiger partial charge in [0, 0.05) is 0 Å². The third kappa shape index (κ3) is 7.38. The second-order valence-electron chi connectivity index (χ2n) is 11.0. The number of rotatable bonds is 15. The first-order chi connectivity index (χ1) is 16.9. The van der Waals surface area contributed by atoms with Crippen molar-refractivity contribution in [2.45, 2.75) is 98.6 Å². The van der Waals surface area contributed by atoms with E-state index >= 15 is 0 Å². The molecule has 0 spiro atoms. The molecule has 4 nitrogen and oxygen atoms in total. The van der Waals surface area contributed by atoms with Gasteiger partial charge in [-0.2, -0.15) is 0 Å². The minimum atomic E-state index is -2.35. The molecule has 1 heterocycles. The summed E-state index contributed by atoms with van der Waals surface area (Å²) < 4.78 is 24.1. The molecule has 0 saturated heterocycles. The number of hydrogen-bond donors (Lipinski definition) is 0. The third-order valence-electron chi connectivity index (χ3n) is 7.32. The van der Waals surface area contributed by atoms with Gasteiger partial charge < -0.3 is 0 Å². The molecule has 0 amide bonds. The molecular weight excluding hydrogens is 541 g/mol. The van der Waals surface area contributed by atoms with Crippen LogP contribution in [0.2, 0.25) is 13.3 Å². The molecule has 35 heavy (non-hydrogen) atoms. The van der Waals surface area contributed by atoms with E-state index in [-0.39, 0.29) is 5.54 Å². The Morgan fingerprint density at radius 2 is 1.54 bits per heavy atom. The van der Waals surface area contributed by atoms with Gasteiger partial charge in [0.05, 0.1) is 0 Å². The average Bonchev–Trinajstić information content (AvgIpc) is 3.23. The fourth-order valence-corrected chi connectivity index (χ4v) is 19.6. The topological polar surface area (TPSA) is 40.0 Å². The number of ether oxygens (including phenoxy) is 3.